The first-order valence-electron chi connectivity index (χ1n) is 13.3. The molecule has 0 spiro atoms. The van der Waals surface area contributed by atoms with Gasteiger partial charge in [-0.1, -0.05) is 56.0 Å². The quantitative estimate of drug-likeness (QED) is 0.229. The average molecular weight is 571 g/mol. The Hall–Kier alpha value is -2.56. The summed E-state index contributed by atoms with van der Waals surface area (Å²) in [4.78, 5) is 14.4. The lowest BCUT2D eigenvalue weighted by atomic mass is 9.77. The van der Waals surface area contributed by atoms with Gasteiger partial charge in [-0.3, -0.25) is 10.2 Å². The molecule has 2 heterocycles. The lowest BCUT2D eigenvalue weighted by Crippen LogP contribution is -2.67. The molecule has 0 aliphatic carbocycles. The van der Waals surface area contributed by atoms with Crippen molar-refractivity contribution in [1.29, 1.82) is 0 Å². The van der Waals surface area contributed by atoms with Crippen LogP contribution in [0.4, 0.5) is 28.0 Å². The zero-order valence-corrected chi connectivity index (χ0v) is 22.9. The summed E-state index contributed by atoms with van der Waals surface area (Å²) in [5.74, 6) is -0.560. The molecule has 2 aliphatic heterocycles. The van der Waals surface area contributed by atoms with Crippen molar-refractivity contribution < 1.29 is 27.1 Å². The SMILES string of the molecule is CCCCCC1(NC(=O)Nc2ccc(Cl)cc2F)CCCNC1Oc1ccccc1C1(C(F)(F)F)CCN1C. The van der Waals surface area contributed by atoms with Crippen LogP contribution in [0.5, 0.6) is 5.75 Å². The van der Waals surface area contributed by atoms with Crippen molar-refractivity contribution in [2.45, 2.75) is 75.4 Å². The molecule has 2 saturated heterocycles. The maximum Gasteiger partial charge on any atom is 0.411 e. The van der Waals surface area contributed by atoms with Crippen molar-refractivity contribution in [3.05, 3.63) is 58.9 Å². The van der Waals surface area contributed by atoms with Crippen molar-refractivity contribution in [2.24, 2.45) is 0 Å². The summed E-state index contributed by atoms with van der Waals surface area (Å²) in [6.07, 6.45) is -0.968. The summed E-state index contributed by atoms with van der Waals surface area (Å²) < 4.78 is 64.0. The highest BCUT2D eigenvalue weighted by atomic mass is 35.5. The zero-order valence-electron chi connectivity index (χ0n) is 22.1. The van der Waals surface area contributed by atoms with E-state index in [0.717, 1.165) is 31.7 Å². The van der Waals surface area contributed by atoms with Gasteiger partial charge in [-0.2, -0.15) is 13.2 Å². The highest BCUT2D eigenvalue weighted by molar-refractivity contribution is 6.30. The van der Waals surface area contributed by atoms with E-state index in [4.69, 9.17) is 16.3 Å². The number of nitrogens with one attached hydrogen (secondary N) is 3. The van der Waals surface area contributed by atoms with E-state index < -0.39 is 35.3 Å². The van der Waals surface area contributed by atoms with Crippen LogP contribution >= 0.6 is 11.6 Å². The molecule has 0 radical (unpaired) electrons. The Balaban J connectivity index is 1.64. The lowest BCUT2D eigenvalue weighted by Gasteiger charge is -2.52. The van der Waals surface area contributed by atoms with Gasteiger partial charge in [0, 0.05) is 17.1 Å². The molecular formula is C28H35ClF4N4O2. The molecule has 214 valence electrons. The van der Waals surface area contributed by atoms with Crippen LogP contribution in [0.2, 0.25) is 5.02 Å². The van der Waals surface area contributed by atoms with Crippen molar-refractivity contribution in [3.63, 3.8) is 0 Å². The third-order valence-corrected chi connectivity index (χ3v) is 8.14. The average Bonchev–Trinajstić information content (AvgIpc) is 2.87. The second-order valence-corrected chi connectivity index (χ2v) is 10.8. The summed E-state index contributed by atoms with van der Waals surface area (Å²) in [5, 5.41) is 9.04. The molecule has 6 nitrogen and oxygen atoms in total. The van der Waals surface area contributed by atoms with E-state index in [1.165, 1.54) is 30.1 Å². The minimum atomic E-state index is -4.50. The number of likely N-dealkylation sites (tertiary alicyclic amines) is 1. The normalized spacial score (nSPS) is 25.6. The Morgan fingerprint density at radius 3 is 2.62 bits per heavy atom. The summed E-state index contributed by atoms with van der Waals surface area (Å²) in [6.45, 7) is 2.95. The van der Waals surface area contributed by atoms with Gasteiger partial charge in [0.2, 0.25) is 0 Å². The van der Waals surface area contributed by atoms with Crippen LogP contribution in [0.25, 0.3) is 0 Å². The van der Waals surface area contributed by atoms with Crippen LogP contribution in [-0.4, -0.2) is 49.0 Å². The number of urea groups is 1. The predicted molar refractivity (Wildman–Crippen MR) is 144 cm³/mol. The standard InChI is InChI=1S/C28H35ClF4N4O2/c1-3-4-7-13-26(36-25(38)35-22-12-11-19(29)18-21(22)30)14-8-16-34-24(26)39-23-10-6-5-9-20(23)27(28(31,32)33)15-17-37(27)2/h5-6,9-12,18,24,34H,3-4,7-8,13-17H2,1-2H3,(H2,35,36,38). The van der Waals surface area contributed by atoms with E-state index in [1.807, 2.05) is 0 Å². The largest absolute Gasteiger partial charge is 0.472 e. The van der Waals surface area contributed by atoms with E-state index in [0.29, 0.717) is 25.9 Å². The number of anilines is 1. The van der Waals surface area contributed by atoms with Gasteiger partial charge in [-0.05, 0) is 63.5 Å². The fourth-order valence-electron chi connectivity index (χ4n) is 5.67. The number of hydrogen-bond donors (Lipinski definition) is 3. The molecule has 2 amide bonds. The number of amides is 2. The van der Waals surface area contributed by atoms with Gasteiger partial charge in [0.15, 0.2) is 6.23 Å². The first-order chi connectivity index (χ1) is 18.5. The van der Waals surface area contributed by atoms with E-state index in [-0.39, 0.29) is 28.4 Å². The molecule has 2 aromatic rings. The topological polar surface area (TPSA) is 65.6 Å². The number of rotatable bonds is 9. The summed E-state index contributed by atoms with van der Waals surface area (Å²) in [6, 6.07) is 9.54. The molecule has 0 aromatic heterocycles. The highest BCUT2D eigenvalue weighted by Gasteiger charge is 2.64. The van der Waals surface area contributed by atoms with E-state index in [9.17, 15) is 22.4 Å². The lowest BCUT2D eigenvalue weighted by molar-refractivity contribution is -0.268. The zero-order chi connectivity index (χ0) is 28.3. The van der Waals surface area contributed by atoms with Gasteiger partial charge >= 0.3 is 12.2 Å². The monoisotopic (exact) mass is 570 g/mol. The van der Waals surface area contributed by atoms with Crippen LogP contribution < -0.4 is 20.7 Å². The maximum absolute atomic E-state index is 14.4. The molecule has 3 N–H and O–H groups in total. The first-order valence-corrected chi connectivity index (χ1v) is 13.7. The highest BCUT2D eigenvalue weighted by Crippen LogP contribution is 2.54. The van der Waals surface area contributed by atoms with Gasteiger partial charge < -0.3 is 15.4 Å². The van der Waals surface area contributed by atoms with Gasteiger partial charge in [-0.15, -0.1) is 0 Å². The third-order valence-electron chi connectivity index (χ3n) is 7.91. The van der Waals surface area contributed by atoms with Crippen LogP contribution in [0.3, 0.4) is 0 Å². The number of benzene rings is 2. The van der Waals surface area contributed by atoms with Crippen molar-refractivity contribution in [3.8, 4) is 5.75 Å². The molecule has 11 heteroatoms. The number of carbonyl (C=O) groups excluding carboxylic acids is 1. The molecule has 3 unspecified atom stereocenters. The number of halogens is 5. The smallest absolute Gasteiger partial charge is 0.411 e. The maximum atomic E-state index is 14.4. The van der Waals surface area contributed by atoms with Gasteiger partial charge in [0.25, 0.3) is 0 Å². The van der Waals surface area contributed by atoms with Gasteiger partial charge in [0.1, 0.15) is 17.1 Å². The van der Waals surface area contributed by atoms with E-state index in [2.05, 4.69) is 22.9 Å². The van der Waals surface area contributed by atoms with E-state index >= 15 is 0 Å². The number of alkyl halides is 3. The van der Waals surface area contributed by atoms with Gasteiger partial charge in [-0.25, -0.2) is 9.18 Å². The predicted octanol–water partition coefficient (Wildman–Crippen LogP) is 6.80. The van der Waals surface area contributed by atoms with Crippen molar-refractivity contribution in [1.82, 2.24) is 15.5 Å². The van der Waals surface area contributed by atoms with Crippen LogP contribution in [-0.2, 0) is 5.54 Å². The van der Waals surface area contributed by atoms with Crippen LogP contribution in [0.1, 0.15) is 57.4 Å². The summed E-state index contributed by atoms with van der Waals surface area (Å²) >= 11 is 5.83. The third kappa shape index (κ3) is 5.98. The molecule has 2 aromatic carbocycles. The number of ether oxygens (including phenoxy) is 1. The van der Waals surface area contributed by atoms with Gasteiger partial charge in [0.05, 0.1) is 11.2 Å². The molecule has 0 bridgehead atoms. The summed E-state index contributed by atoms with van der Waals surface area (Å²) in [5.41, 5.74) is -3.06. The Morgan fingerprint density at radius 2 is 1.97 bits per heavy atom. The molecular weight excluding hydrogens is 536 g/mol. The Bertz CT molecular complexity index is 1170. The molecule has 2 fully saturated rings. The first kappa shape index (κ1) is 29.4. The number of para-hydroxylation sites is 1. The molecule has 2 aliphatic rings. The summed E-state index contributed by atoms with van der Waals surface area (Å²) in [7, 11) is 1.46. The van der Waals surface area contributed by atoms with Crippen LogP contribution in [0.15, 0.2) is 42.5 Å². The molecule has 0 saturated carbocycles. The molecule has 3 atom stereocenters. The number of carbonyl (C=O) groups is 1. The second-order valence-electron chi connectivity index (χ2n) is 10.4. The Morgan fingerprint density at radius 1 is 1.21 bits per heavy atom. The number of unbranched alkanes of at least 4 members (excludes halogenated alkanes) is 2. The van der Waals surface area contributed by atoms with Crippen molar-refractivity contribution in [2.75, 3.05) is 25.5 Å². The fraction of sp³-hybridized carbons (Fsp3) is 0.536. The van der Waals surface area contributed by atoms with E-state index in [1.54, 1.807) is 18.2 Å². The minimum absolute atomic E-state index is 0.0349. The molecule has 39 heavy (non-hydrogen) atoms. The molecule has 4 rings (SSSR count). The number of nitrogens with zero attached hydrogens (tertiary/aromatic N) is 1. The minimum Gasteiger partial charge on any atom is -0.472 e. The Labute approximate surface area is 231 Å². The fourth-order valence-corrected chi connectivity index (χ4v) is 5.83. The second kappa shape index (κ2) is 11.9. The number of piperidine rings is 1. The van der Waals surface area contributed by atoms with Crippen LogP contribution in [0, 0.1) is 5.82 Å². The number of hydrogen-bond acceptors (Lipinski definition) is 4. The Kier molecular flexibility index (Phi) is 8.98. The van der Waals surface area contributed by atoms with Crippen molar-refractivity contribution >= 4 is 23.3 Å².